The highest BCUT2D eigenvalue weighted by atomic mass is 32.2. The van der Waals surface area contributed by atoms with Gasteiger partial charge in [0.05, 0.1) is 7.11 Å². The van der Waals surface area contributed by atoms with Crippen molar-refractivity contribution in [1.82, 2.24) is 10.3 Å². The summed E-state index contributed by atoms with van der Waals surface area (Å²) in [7, 11) is 1.28. The SMILES string of the molecule is COC(=O)c1nc(C(CCSC)NC(=O)OCc2ccccc2)oc1C. The van der Waals surface area contributed by atoms with Gasteiger partial charge in [0.25, 0.3) is 0 Å². The van der Waals surface area contributed by atoms with E-state index in [0.717, 1.165) is 11.3 Å². The number of methoxy groups -OCH3 is 1. The van der Waals surface area contributed by atoms with Crippen LogP contribution in [0.1, 0.15) is 40.2 Å². The third kappa shape index (κ3) is 5.52. The fraction of sp³-hybridized carbons (Fsp3) is 0.389. The highest BCUT2D eigenvalue weighted by Gasteiger charge is 2.25. The molecule has 0 spiro atoms. The number of hydrogen-bond acceptors (Lipinski definition) is 7. The van der Waals surface area contributed by atoms with Gasteiger partial charge in [-0.15, -0.1) is 0 Å². The molecule has 1 heterocycles. The quantitative estimate of drug-likeness (QED) is 0.703. The number of nitrogens with zero attached hydrogens (tertiary/aromatic N) is 1. The van der Waals surface area contributed by atoms with Crippen molar-refractivity contribution < 1.29 is 23.5 Å². The minimum Gasteiger partial charge on any atom is -0.464 e. The number of amides is 1. The molecular weight excluding hydrogens is 356 g/mol. The van der Waals surface area contributed by atoms with Gasteiger partial charge in [-0.1, -0.05) is 30.3 Å². The predicted molar refractivity (Wildman–Crippen MR) is 98.1 cm³/mol. The molecule has 0 saturated heterocycles. The molecule has 0 aliphatic carbocycles. The maximum Gasteiger partial charge on any atom is 0.408 e. The smallest absolute Gasteiger partial charge is 0.408 e. The molecule has 0 aliphatic heterocycles. The van der Waals surface area contributed by atoms with Crippen LogP contribution in [0, 0.1) is 6.92 Å². The molecule has 2 rings (SSSR count). The first-order valence-corrected chi connectivity index (χ1v) is 9.46. The molecule has 7 nitrogen and oxygen atoms in total. The summed E-state index contributed by atoms with van der Waals surface area (Å²) in [6, 6.07) is 8.90. The molecule has 1 amide bonds. The zero-order chi connectivity index (χ0) is 18.9. The molecule has 2 aromatic rings. The Morgan fingerprint density at radius 2 is 2.04 bits per heavy atom. The Morgan fingerprint density at radius 1 is 1.31 bits per heavy atom. The summed E-state index contributed by atoms with van der Waals surface area (Å²) in [6.07, 6.45) is 1.98. The minimum atomic E-state index is -0.576. The largest absolute Gasteiger partial charge is 0.464 e. The zero-order valence-electron chi connectivity index (χ0n) is 15.0. The van der Waals surface area contributed by atoms with E-state index in [9.17, 15) is 9.59 Å². The molecule has 0 saturated carbocycles. The van der Waals surface area contributed by atoms with E-state index in [1.165, 1.54) is 7.11 Å². The van der Waals surface area contributed by atoms with E-state index < -0.39 is 18.1 Å². The molecule has 0 radical (unpaired) electrons. The molecule has 26 heavy (non-hydrogen) atoms. The summed E-state index contributed by atoms with van der Waals surface area (Å²) >= 11 is 1.63. The van der Waals surface area contributed by atoms with Gasteiger partial charge in [0, 0.05) is 0 Å². The van der Waals surface area contributed by atoms with Gasteiger partial charge in [-0.3, -0.25) is 0 Å². The first-order chi connectivity index (χ1) is 12.5. The normalized spacial score (nSPS) is 11.7. The second kappa shape index (κ2) is 9.86. The minimum absolute atomic E-state index is 0.108. The van der Waals surface area contributed by atoms with E-state index in [1.54, 1.807) is 18.7 Å². The second-order valence-electron chi connectivity index (χ2n) is 5.49. The molecule has 1 unspecified atom stereocenters. The van der Waals surface area contributed by atoms with E-state index >= 15 is 0 Å². The molecule has 8 heteroatoms. The molecule has 1 N–H and O–H groups in total. The van der Waals surface area contributed by atoms with Crippen LogP contribution in [0.25, 0.3) is 0 Å². The molecule has 1 atom stereocenters. The summed E-state index contributed by atoms with van der Waals surface area (Å²) in [4.78, 5) is 28.0. The maximum absolute atomic E-state index is 12.1. The van der Waals surface area contributed by atoms with Gasteiger partial charge in [-0.05, 0) is 30.9 Å². The van der Waals surface area contributed by atoms with Crippen molar-refractivity contribution in [2.75, 3.05) is 19.1 Å². The molecular formula is C18H22N2O5S. The third-order valence-corrected chi connectivity index (χ3v) is 4.25. The van der Waals surface area contributed by atoms with Gasteiger partial charge in [0.15, 0.2) is 5.69 Å². The molecule has 1 aromatic carbocycles. The molecule has 0 aliphatic rings. The Hall–Kier alpha value is -2.48. The standard InChI is InChI=1S/C18H22N2O5S/c1-12-15(17(21)23-2)20-16(25-12)14(9-10-26-3)19-18(22)24-11-13-7-5-4-6-8-13/h4-8,14H,9-11H2,1-3H3,(H,19,22). The number of nitrogens with one attached hydrogen (secondary N) is 1. The van der Waals surface area contributed by atoms with Crippen molar-refractivity contribution in [3.8, 4) is 0 Å². The van der Waals surface area contributed by atoms with E-state index in [-0.39, 0.29) is 18.2 Å². The third-order valence-electron chi connectivity index (χ3n) is 3.61. The monoisotopic (exact) mass is 378 g/mol. The Balaban J connectivity index is 2.04. The van der Waals surface area contributed by atoms with Gasteiger partial charge in [0.1, 0.15) is 18.4 Å². The van der Waals surface area contributed by atoms with Gasteiger partial charge >= 0.3 is 12.1 Å². The Kier molecular flexibility index (Phi) is 7.53. The van der Waals surface area contributed by atoms with Crippen LogP contribution in [0.3, 0.4) is 0 Å². The Bertz CT molecular complexity index is 732. The lowest BCUT2D eigenvalue weighted by Gasteiger charge is -2.15. The Labute approximate surface area is 156 Å². The van der Waals surface area contributed by atoms with Crippen molar-refractivity contribution in [3.05, 3.63) is 53.2 Å². The second-order valence-corrected chi connectivity index (χ2v) is 6.47. The lowest BCUT2D eigenvalue weighted by molar-refractivity contribution is 0.0592. The van der Waals surface area contributed by atoms with E-state index in [1.807, 2.05) is 36.6 Å². The summed E-state index contributed by atoms with van der Waals surface area (Å²) in [5.74, 6) is 0.806. The number of hydrogen-bond donors (Lipinski definition) is 1. The first kappa shape index (κ1) is 19.8. The number of rotatable bonds is 8. The molecule has 0 bridgehead atoms. The molecule has 0 fully saturated rings. The van der Waals surface area contributed by atoms with Gasteiger partial charge in [0.2, 0.25) is 5.89 Å². The summed E-state index contributed by atoms with van der Waals surface area (Å²) in [5.41, 5.74) is 0.999. The number of ether oxygens (including phenoxy) is 2. The van der Waals surface area contributed by atoms with Crippen LogP contribution in [0.2, 0.25) is 0 Å². The number of benzene rings is 1. The van der Waals surface area contributed by atoms with E-state index in [2.05, 4.69) is 15.0 Å². The average molecular weight is 378 g/mol. The van der Waals surface area contributed by atoms with Crippen LogP contribution in [0.15, 0.2) is 34.7 Å². The van der Waals surface area contributed by atoms with Crippen LogP contribution in [0.5, 0.6) is 0 Å². The number of thioether (sulfide) groups is 1. The van der Waals surface area contributed by atoms with Gasteiger partial charge in [-0.2, -0.15) is 11.8 Å². The number of aromatic nitrogens is 1. The number of carbonyl (C=O) groups excluding carboxylic acids is 2. The van der Waals surface area contributed by atoms with Crippen molar-refractivity contribution in [3.63, 3.8) is 0 Å². The molecule has 140 valence electrons. The molecule has 1 aromatic heterocycles. The predicted octanol–water partition coefficient (Wildman–Crippen LogP) is 3.49. The van der Waals surface area contributed by atoms with Crippen molar-refractivity contribution in [2.45, 2.75) is 26.0 Å². The lowest BCUT2D eigenvalue weighted by atomic mass is 10.2. The number of esters is 1. The lowest BCUT2D eigenvalue weighted by Crippen LogP contribution is -2.30. The van der Waals surface area contributed by atoms with Crippen LogP contribution in [-0.4, -0.2) is 36.2 Å². The van der Waals surface area contributed by atoms with Crippen molar-refractivity contribution >= 4 is 23.8 Å². The van der Waals surface area contributed by atoms with Crippen LogP contribution < -0.4 is 5.32 Å². The highest BCUT2D eigenvalue weighted by molar-refractivity contribution is 7.98. The topological polar surface area (TPSA) is 90.7 Å². The van der Waals surface area contributed by atoms with Crippen LogP contribution in [-0.2, 0) is 16.1 Å². The highest BCUT2D eigenvalue weighted by Crippen LogP contribution is 2.22. The van der Waals surface area contributed by atoms with Gasteiger partial charge < -0.3 is 19.2 Å². The number of alkyl carbamates (subject to hydrolysis) is 1. The van der Waals surface area contributed by atoms with Gasteiger partial charge in [-0.25, -0.2) is 14.6 Å². The zero-order valence-corrected chi connectivity index (χ0v) is 15.8. The first-order valence-electron chi connectivity index (χ1n) is 8.07. The summed E-state index contributed by atoms with van der Waals surface area (Å²) in [6.45, 7) is 1.79. The van der Waals surface area contributed by atoms with E-state index in [4.69, 9.17) is 9.15 Å². The average Bonchev–Trinajstić information content (AvgIpc) is 3.05. The van der Waals surface area contributed by atoms with Crippen LogP contribution >= 0.6 is 11.8 Å². The fourth-order valence-electron chi connectivity index (χ4n) is 2.25. The van der Waals surface area contributed by atoms with Crippen molar-refractivity contribution in [1.29, 1.82) is 0 Å². The fourth-order valence-corrected chi connectivity index (χ4v) is 2.72. The maximum atomic E-state index is 12.1. The summed E-state index contributed by atoms with van der Waals surface area (Å²) < 4.78 is 15.5. The number of oxazole rings is 1. The summed E-state index contributed by atoms with van der Waals surface area (Å²) in [5, 5.41) is 2.75. The van der Waals surface area contributed by atoms with E-state index in [0.29, 0.717) is 12.2 Å². The number of carbonyl (C=O) groups is 2. The number of aryl methyl sites for hydroxylation is 1. The van der Waals surface area contributed by atoms with Crippen LogP contribution in [0.4, 0.5) is 4.79 Å². The van der Waals surface area contributed by atoms with Crippen molar-refractivity contribution in [2.24, 2.45) is 0 Å². The Morgan fingerprint density at radius 3 is 2.69 bits per heavy atom.